The van der Waals surface area contributed by atoms with Crippen LogP contribution in [0.15, 0.2) is 30.6 Å². The summed E-state index contributed by atoms with van der Waals surface area (Å²) in [7, 11) is 0. The van der Waals surface area contributed by atoms with Crippen LogP contribution < -0.4 is 4.74 Å². The summed E-state index contributed by atoms with van der Waals surface area (Å²) in [4.78, 5) is 8.23. The van der Waals surface area contributed by atoms with Crippen LogP contribution >= 0.6 is 23.2 Å². The van der Waals surface area contributed by atoms with E-state index in [1.165, 1.54) is 0 Å². The lowest BCUT2D eigenvalue weighted by atomic mass is 10.1. The Kier molecular flexibility index (Phi) is 4.39. The molecule has 0 aliphatic rings. The largest absolute Gasteiger partial charge is 0.437 e. The molecule has 1 aromatic carbocycles. The van der Waals surface area contributed by atoms with Crippen LogP contribution in [0.5, 0.6) is 11.6 Å². The molecular weight excluding hydrogens is 271 g/mol. The summed E-state index contributed by atoms with van der Waals surface area (Å²) in [5.41, 5.74) is 1.76. The Morgan fingerprint density at radius 3 is 2.67 bits per heavy atom. The summed E-state index contributed by atoms with van der Waals surface area (Å²) in [5, 5.41) is 0.744. The van der Waals surface area contributed by atoms with E-state index in [0.717, 1.165) is 22.7 Å². The second-order valence-corrected chi connectivity index (χ2v) is 4.36. The van der Waals surface area contributed by atoms with Gasteiger partial charge >= 0.3 is 0 Å². The zero-order valence-corrected chi connectivity index (χ0v) is 11.4. The topological polar surface area (TPSA) is 35.0 Å². The Balaban J connectivity index is 2.17. The first kappa shape index (κ1) is 13.1. The molecular formula is C13H12Cl2N2O. The molecule has 0 unspecified atom stereocenters. The van der Waals surface area contributed by atoms with Gasteiger partial charge in [-0.05, 0) is 30.2 Å². The van der Waals surface area contributed by atoms with Gasteiger partial charge in [-0.15, -0.1) is 11.6 Å². The van der Waals surface area contributed by atoms with Gasteiger partial charge in [-0.3, -0.25) is 4.98 Å². The van der Waals surface area contributed by atoms with E-state index in [9.17, 15) is 0 Å². The fraction of sp³-hybridized carbons (Fsp3) is 0.231. The molecule has 0 aliphatic heterocycles. The number of hydrogen-bond acceptors (Lipinski definition) is 3. The molecule has 1 aromatic heterocycles. The standard InChI is InChI=1S/C13H12Cl2N2O/c1-2-9-5-11(3-4-12(9)15)18-13-8-16-10(6-14)7-17-13/h3-5,7-8H,2,6H2,1H3. The lowest BCUT2D eigenvalue weighted by molar-refractivity contribution is 0.459. The average molecular weight is 283 g/mol. The Labute approximate surface area is 116 Å². The van der Waals surface area contributed by atoms with E-state index in [2.05, 4.69) is 9.97 Å². The van der Waals surface area contributed by atoms with E-state index in [1.54, 1.807) is 18.5 Å². The van der Waals surface area contributed by atoms with E-state index in [4.69, 9.17) is 27.9 Å². The molecule has 0 aliphatic carbocycles. The zero-order chi connectivity index (χ0) is 13.0. The minimum absolute atomic E-state index is 0.341. The van der Waals surface area contributed by atoms with Crippen molar-refractivity contribution < 1.29 is 4.74 Å². The maximum absolute atomic E-state index is 6.04. The van der Waals surface area contributed by atoms with Crippen LogP contribution in [0, 0.1) is 0 Å². The quantitative estimate of drug-likeness (QED) is 0.788. The molecule has 0 fully saturated rings. The van der Waals surface area contributed by atoms with Gasteiger partial charge in [-0.2, -0.15) is 0 Å². The fourth-order valence-corrected chi connectivity index (χ4v) is 1.86. The molecule has 94 valence electrons. The maximum Gasteiger partial charge on any atom is 0.237 e. The highest BCUT2D eigenvalue weighted by atomic mass is 35.5. The van der Waals surface area contributed by atoms with E-state index >= 15 is 0 Å². The summed E-state index contributed by atoms with van der Waals surface area (Å²) >= 11 is 11.7. The van der Waals surface area contributed by atoms with Crippen LogP contribution in [0.4, 0.5) is 0 Å². The molecule has 0 spiro atoms. The van der Waals surface area contributed by atoms with Crippen molar-refractivity contribution in [3.05, 3.63) is 46.9 Å². The molecule has 0 saturated heterocycles. The first-order chi connectivity index (χ1) is 8.72. The third-order valence-electron chi connectivity index (χ3n) is 2.44. The molecule has 0 radical (unpaired) electrons. The van der Waals surface area contributed by atoms with Crippen LogP contribution in [0.1, 0.15) is 18.2 Å². The van der Waals surface area contributed by atoms with E-state index in [0.29, 0.717) is 17.5 Å². The summed E-state index contributed by atoms with van der Waals surface area (Å²) in [6.45, 7) is 2.04. The SMILES string of the molecule is CCc1cc(Oc2cnc(CCl)cn2)ccc1Cl. The minimum atomic E-state index is 0.341. The van der Waals surface area contributed by atoms with Gasteiger partial charge in [0.05, 0.1) is 24.0 Å². The number of rotatable bonds is 4. The molecule has 0 bridgehead atoms. The number of aryl methyl sites for hydroxylation is 1. The number of benzene rings is 1. The highest BCUT2D eigenvalue weighted by Gasteiger charge is 2.03. The summed E-state index contributed by atoms with van der Waals surface area (Å²) in [6.07, 6.45) is 4.00. The van der Waals surface area contributed by atoms with E-state index in [1.807, 2.05) is 19.1 Å². The van der Waals surface area contributed by atoms with Crippen molar-refractivity contribution in [3.63, 3.8) is 0 Å². The van der Waals surface area contributed by atoms with Crippen molar-refractivity contribution >= 4 is 23.2 Å². The van der Waals surface area contributed by atoms with Crippen LogP contribution in [0.25, 0.3) is 0 Å². The predicted molar refractivity (Wildman–Crippen MR) is 72.5 cm³/mol. The number of ether oxygens (including phenoxy) is 1. The van der Waals surface area contributed by atoms with Gasteiger partial charge in [0.2, 0.25) is 5.88 Å². The summed E-state index contributed by atoms with van der Waals surface area (Å²) in [5.74, 6) is 1.48. The molecule has 5 heteroatoms. The molecule has 2 aromatic rings. The van der Waals surface area contributed by atoms with Gasteiger partial charge in [0, 0.05) is 5.02 Å². The average Bonchev–Trinajstić information content (AvgIpc) is 2.42. The van der Waals surface area contributed by atoms with Gasteiger partial charge in [0.15, 0.2) is 0 Å². The van der Waals surface area contributed by atoms with Crippen LogP contribution in [0.2, 0.25) is 5.02 Å². The second kappa shape index (κ2) is 6.03. The lowest BCUT2D eigenvalue weighted by Crippen LogP contribution is -1.93. The van der Waals surface area contributed by atoms with Crippen molar-refractivity contribution in [1.29, 1.82) is 0 Å². The Hall–Kier alpha value is -1.32. The van der Waals surface area contributed by atoms with E-state index in [-0.39, 0.29) is 0 Å². The number of aromatic nitrogens is 2. The first-order valence-electron chi connectivity index (χ1n) is 5.56. The number of alkyl halides is 1. The van der Waals surface area contributed by atoms with Crippen molar-refractivity contribution in [2.24, 2.45) is 0 Å². The van der Waals surface area contributed by atoms with Crippen LogP contribution in [-0.4, -0.2) is 9.97 Å². The number of hydrogen-bond donors (Lipinski definition) is 0. The maximum atomic E-state index is 6.04. The van der Waals surface area contributed by atoms with Gasteiger partial charge in [0.25, 0.3) is 0 Å². The third-order valence-corrected chi connectivity index (χ3v) is 3.08. The summed E-state index contributed by atoms with van der Waals surface area (Å²) in [6, 6.07) is 5.52. The second-order valence-electron chi connectivity index (χ2n) is 3.69. The first-order valence-corrected chi connectivity index (χ1v) is 6.47. The number of halogens is 2. The van der Waals surface area contributed by atoms with Crippen molar-refractivity contribution in [2.75, 3.05) is 0 Å². The molecule has 2 rings (SSSR count). The molecule has 0 N–H and O–H groups in total. The highest BCUT2D eigenvalue weighted by Crippen LogP contribution is 2.25. The van der Waals surface area contributed by atoms with E-state index < -0.39 is 0 Å². The molecule has 3 nitrogen and oxygen atoms in total. The van der Waals surface area contributed by atoms with Gasteiger partial charge in [-0.25, -0.2) is 4.98 Å². The zero-order valence-electron chi connectivity index (χ0n) is 9.86. The molecule has 0 atom stereocenters. The fourth-order valence-electron chi connectivity index (χ4n) is 1.47. The van der Waals surface area contributed by atoms with Crippen LogP contribution in [-0.2, 0) is 12.3 Å². The molecule has 1 heterocycles. The highest BCUT2D eigenvalue weighted by molar-refractivity contribution is 6.31. The van der Waals surface area contributed by atoms with Gasteiger partial charge in [-0.1, -0.05) is 18.5 Å². The Morgan fingerprint density at radius 1 is 1.22 bits per heavy atom. The predicted octanol–water partition coefficient (Wildman–Crippen LogP) is 4.22. The molecule has 18 heavy (non-hydrogen) atoms. The Morgan fingerprint density at radius 2 is 2.06 bits per heavy atom. The van der Waals surface area contributed by atoms with Crippen molar-refractivity contribution in [2.45, 2.75) is 19.2 Å². The molecule has 0 amide bonds. The van der Waals surface area contributed by atoms with Crippen molar-refractivity contribution in [1.82, 2.24) is 9.97 Å². The summed E-state index contributed by atoms with van der Waals surface area (Å²) < 4.78 is 5.60. The smallest absolute Gasteiger partial charge is 0.237 e. The third kappa shape index (κ3) is 3.12. The number of nitrogens with zero attached hydrogens (tertiary/aromatic N) is 2. The monoisotopic (exact) mass is 282 g/mol. The Bertz CT molecular complexity index is 529. The van der Waals surface area contributed by atoms with Gasteiger partial charge in [0.1, 0.15) is 5.75 Å². The lowest BCUT2D eigenvalue weighted by Gasteiger charge is -2.07. The van der Waals surface area contributed by atoms with Crippen LogP contribution in [0.3, 0.4) is 0 Å². The normalized spacial score (nSPS) is 10.4. The molecule has 0 saturated carbocycles. The van der Waals surface area contributed by atoms with Crippen molar-refractivity contribution in [3.8, 4) is 11.6 Å². The minimum Gasteiger partial charge on any atom is -0.437 e. The van der Waals surface area contributed by atoms with Gasteiger partial charge < -0.3 is 4.74 Å².